The molecule has 0 spiro atoms. The van der Waals surface area contributed by atoms with Gasteiger partial charge in [-0.3, -0.25) is 4.79 Å². The fraction of sp³-hybridized carbons (Fsp3) is 0.385. The van der Waals surface area contributed by atoms with Gasteiger partial charge in [0, 0.05) is 18.7 Å². The summed E-state index contributed by atoms with van der Waals surface area (Å²) in [5.41, 5.74) is 1.75. The predicted octanol–water partition coefficient (Wildman–Crippen LogP) is 2.37. The third-order valence-electron chi connectivity index (χ3n) is 3.02. The minimum Gasteiger partial charge on any atom is -0.311 e. The highest BCUT2D eigenvalue weighted by Gasteiger charge is 2.31. The number of benzene rings is 1. The summed E-state index contributed by atoms with van der Waals surface area (Å²) in [7, 11) is 0. The van der Waals surface area contributed by atoms with Gasteiger partial charge < -0.3 is 4.90 Å². The van der Waals surface area contributed by atoms with E-state index in [0.717, 1.165) is 11.3 Å². The second-order valence-corrected chi connectivity index (χ2v) is 4.18. The first-order valence-corrected chi connectivity index (χ1v) is 5.70. The first-order chi connectivity index (χ1) is 8.63. The van der Waals surface area contributed by atoms with Gasteiger partial charge in [0.05, 0.1) is 6.07 Å². The van der Waals surface area contributed by atoms with E-state index in [-0.39, 0.29) is 0 Å². The third kappa shape index (κ3) is 2.33. The van der Waals surface area contributed by atoms with Crippen LogP contribution in [0.5, 0.6) is 0 Å². The van der Waals surface area contributed by atoms with E-state index in [0.29, 0.717) is 13.0 Å². The van der Waals surface area contributed by atoms with Crippen LogP contribution in [0.4, 0.5) is 14.5 Å². The van der Waals surface area contributed by atoms with E-state index in [1.54, 1.807) is 18.2 Å². The number of para-hydroxylation sites is 1. The molecule has 3 nitrogen and oxygen atoms in total. The Morgan fingerprint density at radius 2 is 2.17 bits per heavy atom. The number of anilines is 1. The van der Waals surface area contributed by atoms with Gasteiger partial charge in [-0.15, -0.1) is 0 Å². The Morgan fingerprint density at radius 3 is 2.83 bits per heavy atom. The molecule has 0 aliphatic carbocycles. The summed E-state index contributed by atoms with van der Waals surface area (Å²) < 4.78 is 24.6. The van der Waals surface area contributed by atoms with E-state index in [4.69, 9.17) is 5.26 Å². The van der Waals surface area contributed by atoms with E-state index in [2.05, 4.69) is 0 Å². The zero-order valence-electron chi connectivity index (χ0n) is 9.64. The molecule has 1 amide bonds. The summed E-state index contributed by atoms with van der Waals surface area (Å²) in [4.78, 5) is 13.5. The fourth-order valence-electron chi connectivity index (χ4n) is 2.14. The predicted molar refractivity (Wildman–Crippen MR) is 62.2 cm³/mol. The van der Waals surface area contributed by atoms with Crippen LogP contribution in [0.1, 0.15) is 12.0 Å². The number of rotatable bonds is 3. The van der Waals surface area contributed by atoms with Gasteiger partial charge in [0.25, 0.3) is 0 Å². The Balaban J connectivity index is 2.18. The van der Waals surface area contributed by atoms with Crippen molar-refractivity contribution in [2.75, 3.05) is 11.4 Å². The largest absolute Gasteiger partial charge is 0.311 e. The van der Waals surface area contributed by atoms with Crippen LogP contribution in [-0.4, -0.2) is 18.9 Å². The topological polar surface area (TPSA) is 44.1 Å². The first-order valence-electron chi connectivity index (χ1n) is 5.70. The van der Waals surface area contributed by atoms with Crippen molar-refractivity contribution in [1.29, 1.82) is 5.26 Å². The van der Waals surface area contributed by atoms with Gasteiger partial charge in [0.2, 0.25) is 12.3 Å². The van der Waals surface area contributed by atoms with Gasteiger partial charge in [0.15, 0.2) is 0 Å². The second-order valence-electron chi connectivity index (χ2n) is 4.18. The molecule has 1 aromatic carbocycles. The lowest BCUT2D eigenvalue weighted by atomic mass is 10.1. The summed E-state index contributed by atoms with van der Waals surface area (Å²) in [6, 6.07) is 9.00. The van der Waals surface area contributed by atoms with Crippen LogP contribution in [-0.2, 0) is 11.2 Å². The molecule has 0 fully saturated rings. The molecule has 0 radical (unpaired) electrons. The van der Waals surface area contributed by atoms with Gasteiger partial charge in [0.1, 0.15) is 5.92 Å². The molecule has 1 atom stereocenters. The monoisotopic (exact) mass is 250 g/mol. The first kappa shape index (κ1) is 12.5. The average molecular weight is 250 g/mol. The normalized spacial score (nSPS) is 15.3. The second kappa shape index (κ2) is 5.13. The van der Waals surface area contributed by atoms with Crippen LogP contribution in [0.25, 0.3) is 0 Å². The van der Waals surface area contributed by atoms with E-state index < -0.39 is 24.7 Å². The molecule has 0 saturated carbocycles. The Labute approximate surface area is 104 Å². The molecule has 18 heavy (non-hydrogen) atoms. The fourth-order valence-corrected chi connectivity index (χ4v) is 2.14. The molecule has 5 heteroatoms. The Kier molecular flexibility index (Phi) is 3.56. The molecule has 1 heterocycles. The standard InChI is InChI=1S/C13H12F2N2O/c14-12(15)7-10(8-16)13(18)17-6-5-9-3-1-2-4-11(9)17/h1-4,10,12H,5-7H2. The van der Waals surface area contributed by atoms with Crippen LogP contribution in [0.2, 0.25) is 0 Å². The molecular weight excluding hydrogens is 238 g/mol. The zero-order chi connectivity index (χ0) is 13.1. The van der Waals surface area contributed by atoms with Crippen molar-refractivity contribution in [3.63, 3.8) is 0 Å². The number of amides is 1. The van der Waals surface area contributed by atoms with Gasteiger partial charge in [-0.2, -0.15) is 5.26 Å². The van der Waals surface area contributed by atoms with Crippen molar-refractivity contribution >= 4 is 11.6 Å². The van der Waals surface area contributed by atoms with Gasteiger partial charge >= 0.3 is 0 Å². The van der Waals surface area contributed by atoms with Gasteiger partial charge in [-0.05, 0) is 18.1 Å². The molecule has 0 N–H and O–H groups in total. The molecule has 1 unspecified atom stereocenters. The van der Waals surface area contributed by atoms with Crippen molar-refractivity contribution in [3.8, 4) is 6.07 Å². The third-order valence-corrected chi connectivity index (χ3v) is 3.02. The van der Waals surface area contributed by atoms with Crippen LogP contribution in [0.3, 0.4) is 0 Å². The number of hydrogen-bond donors (Lipinski definition) is 0. The number of hydrogen-bond acceptors (Lipinski definition) is 2. The SMILES string of the molecule is N#CC(CC(F)F)C(=O)N1CCc2ccccc21. The van der Waals surface area contributed by atoms with Crippen LogP contribution in [0.15, 0.2) is 24.3 Å². The molecule has 0 bridgehead atoms. The summed E-state index contributed by atoms with van der Waals surface area (Å²) in [5.74, 6) is -1.79. The van der Waals surface area contributed by atoms with Crippen molar-refractivity contribution in [3.05, 3.63) is 29.8 Å². The minimum absolute atomic E-state index is 0.458. The highest BCUT2D eigenvalue weighted by molar-refractivity contribution is 5.98. The van der Waals surface area contributed by atoms with Crippen molar-refractivity contribution in [2.24, 2.45) is 5.92 Å². The van der Waals surface area contributed by atoms with Crippen molar-refractivity contribution < 1.29 is 13.6 Å². The maximum Gasteiger partial charge on any atom is 0.244 e. The molecule has 1 aromatic rings. The van der Waals surface area contributed by atoms with Crippen LogP contribution >= 0.6 is 0 Å². The molecule has 1 aliphatic rings. The van der Waals surface area contributed by atoms with Gasteiger partial charge in [-0.25, -0.2) is 8.78 Å². The Hall–Kier alpha value is -1.96. The van der Waals surface area contributed by atoms with E-state index in [1.807, 2.05) is 12.1 Å². The molecular formula is C13H12F2N2O. The molecule has 0 aromatic heterocycles. The minimum atomic E-state index is -2.64. The maximum absolute atomic E-state index is 12.3. The molecule has 0 saturated heterocycles. The lowest BCUT2D eigenvalue weighted by Gasteiger charge is -2.20. The quantitative estimate of drug-likeness (QED) is 0.826. The Bertz CT molecular complexity index is 496. The maximum atomic E-state index is 12.3. The number of nitrogens with zero attached hydrogens (tertiary/aromatic N) is 2. The average Bonchev–Trinajstić information content (AvgIpc) is 2.78. The van der Waals surface area contributed by atoms with Crippen molar-refractivity contribution in [2.45, 2.75) is 19.3 Å². The highest BCUT2D eigenvalue weighted by atomic mass is 19.3. The van der Waals surface area contributed by atoms with Crippen molar-refractivity contribution in [1.82, 2.24) is 0 Å². The number of carbonyl (C=O) groups is 1. The Morgan fingerprint density at radius 1 is 1.44 bits per heavy atom. The highest BCUT2D eigenvalue weighted by Crippen LogP contribution is 2.29. The summed E-state index contributed by atoms with van der Waals surface area (Å²) in [6.45, 7) is 0.458. The molecule has 94 valence electrons. The summed E-state index contributed by atoms with van der Waals surface area (Å²) >= 11 is 0. The number of fused-ring (bicyclic) bond motifs is 1. The molecule has 1 aliphatic heterocycles. The smallest absolute Gasteiger partial charge is 0.244 e. The van der Waals surface area contributed by atoms with E-state index in [1.165, 1.54) is 4.90 Å². The lowest BCUT2D eigenvalue weighted by Crippen LogP contribution is -2.35. The number of alkyl halides is 2. The zero-order valence-corrected chi connectivity index (χ0v) is 9.64. The van der Waals surface area contributed by atoms with E-state index in [9.17, 15) is 13.6 Å². The van der Waals surface area contributed by atoms with Crippen LogP contribution < -0.4 is 4.90 Å². The van der Waals surface area contributed by atoms with Crippen LogP contribution in [0, 0.1) is 17.2 Å². The van der Waals surface area contributed by atoms with Gasteiger partial charge in [-0.1, -0.05) is 18.2 Å². The number of nitriles is 1. The summed E-state index contributed by atoms with van der Waals surface area (Å²) in [6.07, 6.45) is -2.64. The number of halogens is 2. The lowest BCUT2D eigenvalue weighted by molar-refractivity contribution is -0.121. The molecule has 2 rings (SSSR count). The summed E-state index contributed by atoms with van der Waals surface area (Å²) in [5, 5.41) is 8.82. The number of carbonyl (C=O) groups excluding carboxylic acids is 1. The van der Waals surface area contributed by atoms with E-state index >= 15 is 0 Å².